The van der Waals surface area contributed by atoms with Gasteiger partial charge in [0.1, 0.15) is 5.75 Å². The van der Waals surface area contributed by atoms with Crippen LogP contribution in [0.1, 0.15) is 10.4 Å². The number of nitrogens with zero attached hydrogens (tertiary/aromatic N) is 1. The molecule has 18 heavy (non-hydrogen) atoms. The number of phenolic OH excluding ortho intramolecular Hbond substituents is 1. The molecule has 0 unspecified atom stereocenters. The Balaban J connectivity index is 1.98. The van der Waals surface area contributed by atoms with Crippen LogP contribution in [0.4, 0.5) is 5.69 Å². The molecule has 5 heteroatoms. The van der Waals surface area contributed by atoms with Gasteiger partial charge >= 0.3 is 0 Å². The molecule has 96 valence electrons. The van der Waals surface area contributed by atoms with E-state index in [0.29, 0.717) is 5.69 Å². The predicted molar refractivity (Wildman–Crippen MR) is 77.0 cm³/mol. The lowest BCUT2D eigenvalue weighted by molar-refractivity contribution is 0.322. The van der Waals surface area contributed by atoms with Crippen LogP contribution in [-0.4, -0.2) is 17.1 Å². The molecule has 0 saturated heterocycles. The Hall–Kier alpha value is -1.23. The zero-order valence-electron chi connectivity index (χ0n) is 10.1. The van der Waals surface area contributed by atoms with Crippen molar-refractivity contribution < 1.29 is 5.11 Å². The van der Waals surface area contributed by atoms with Gasteiger partial charge < -0.3 is 10.8 Å². The molecule has 0 atom stereocenters. The number of rotatable bonds is 4. The first-order valence-electron chi connectivity index (χ1n) is 5.55. The molecule has 3 N–H and O–H groups in total. The summed E-state index contributed by atoms with van der Waals surface area (Å²) in [4.78, 5) is 3.41. The Bertz CT molecular complexity index is 542. The quantitative estimate of drug-likeness (QED) is 0.668. The van der Waals surface area contributed by atoms with Crippen LogP contribution in [0, 0.1) is 0 Å². The minimum atomic E-state index is 0.131. The van der Waals surface area contributed by atoms with E-state index in [1.54, 1.807) is 23.5 Å². The highest BCUT2D eigenvalue weighted by Crippen LogP contribution is 2.24. The normalized spacial score (nSPS) is 11.1. The van der Waals surface area contributed by atoms with E-state index in [4.69, 9.17) is 17.3 Å². The number of anilines is 1. The summed E-state index contributed by atoms with van der Waals surface area (Å²) in [7, 11) is 2.04. The van der Waals surface area contributed by atoms with Crippen LogP contribution in [0.5, 0.6) is 5.75 Å². The molecule has 3 nitrogen and oxygen atoms in total. The molecule has 1 aromatic carbocycles. The van der Waals surface area contributed by atoms with Gasteiger partial charge in [0, 0.05) is 18.0 Å². The highest BCUT2D eigenvalue weighted by atomic mass is 35.5. The van der Waals surface area contributed by atoms with Gasteiger partial charge in [-0.2, -0.15) is 0 Å². The average molecular weight is 283 g/mol. The van der Waals surface area contributed by atoms with Gasteiger partial charge in [-0.1, -0.05) is 17.7 Å². The molecule has 0 aliphatic rings. The lowest BCUT2D eigenvalue weighted by Gasteiger charge is -2.16. The molecule has 0 radical (unpaired) electrons. The van der Waals surface area contributed by atoms with Gasteiger partial charge in [-0.15, -0.1) is 11.3 Å². The van der Waals surface area contributed by atoms with Crippen LogP contribution >= 0.6 is 22.9 Å². The van der Waals surface area contributed by atoms with Crippen LogP contribution in [-0.2, 0) is 13.1 Å². The van der Waals surface area contributed by atoms with Gasteiger partial charge in [0.25, 0.3) is 0 Å². The van der Waals surface area contributed by atoms with E-state index in [2.05, 4.69) is 4.90 Å². The van der Waals surface area contributed by atoms with Gasteiger partial charge in [-0.25, -0.2) is 0 Å². The van der Waals surface area contributed by atoms with Crippen molar-refractivity contribution in [3.05, 3.63) is 45.1 Å². The summed E-state index contributed by atoms with van der Waals surface area (Å²) in [5, 5.41) is 9.36. The van der Waals surface area contributed by atoms with Crippen molar-refractivity contribution in [3.8, 4) is 5.75 Å². The third kappa shape index (κ3) is 3.38. The van der Waals surface area contributed by atoms with E-state index in [1.165, 1.54) is 4.88 Å². The maximum atomic E-state index is 9.36. The van der Waals surface area contributed by atoms with E-state index in [0.717, 1.165) is 23.0 Å². The second kappa shape index (κ2) is 5.61. The number of halogens is 1. The molecule has 0 aliphatic carbocycles. The van der Waals surface area contributed by atoms with Crippen molar-refractivity contribution in [3.63, 3.8) is 0 Å². The smallest absolute Gasteiger partial charge is 0.138 e. The molecule has 0 spiro atoms. The predicted octanol–water partition coefficient (Wildman–Crippen LogP) is 3.32. The van der Waals surface area contributed by atoms with E-state index in [1.807, 2.05) is 25.2 Å². The maximum absolute atomic E-state index is 9.36. The Kier molecular flexibility index (Phi) is 4.11. The Morgan fingerprint density at radius 2 is 2.06 bits per heavy atom. The minimum absolute atomic E-state index is 0.131. The second-order valence-corrected chi connectivity index (χ2v) is 6.07. The van der Waals surface area contributed by atoms with Crippen molar-refractivity contribution >= 4 is 28.6 Å². The largest absolute Gasteiger partial charge is 0.506 e. The molecule has 0 saturated carbocycles. The fraction of sp³-hybridized carbons (Fsp3) is 0.231. The molecule has 1 heterocycles. The maximum Gasteiger partial charge on any atom is 0.138 e. The zero-order valence-corrected chi connectivity index (χ0v) is 11.6. The Labute approximate surface area is 115 Å². The van der Waals surface area contributed by atoms with Gasteiger partial charge in [-0.05, 0) is 36.9 Å². The zero-order chi connectivity index (χ0) is 13.1. The van der Waals surface area contributed by atoms with Gasteiger partial charge in [0.05, 0.1) is 10.0 Å². The monoisotopic (exact) mass is 282 g/mol. The van der Waals surface area contributed by atoms with E-state index >= 15 is 0 Å². The third-order valence-corrected chi connectivity index (χ3v) is 3.81. The first-order valence-corrected chi connectivity index (χ1v) is 6.74. The van der Waals surface area contributed by atoms with E-state index < -0.39 is 0 Å². The van der Waals surface area contributed by atoms with Gasteiger partial charge in [-0.3, -0.25) is 4.90 Å². The highest BCUT2D eigenvalue weighted by Gasteiger charge is 2.05. The average Bonchev–Trinajstić information content (AvgIpc) is 2.69. The van der Waals surface area contributed by atoms with E-state index in [-0.39, 0.29) is 5.75 Å². The summed E-state index contributed by atoms with van der Waals surface area (Å²) < 4.78 is 0.812. The molecule has 0 fully saturated rings. The Morgan fingerprint density at radius 3 is 2.67 bits per heavy atom. The number of hydrogen-bond acceptors (Lipinski definition) is 4. The fourth-order valence-corrected chi connectivity index (χ4v) is 2.94. The molecule has 2 rings (SSSR count). The summed E-state index contributed by atoms with van der Waals surface area (Å²) in [6.45, 7) is 1.62. The molecule has 0 aliphatic heterocycles. The van der Waals surface area contributed by atoms with Crippen molar-refractivity contribution in [2.75, 3.05) is 12.8 Å². The summed E-state index contributed by atoms with van der Waals surface area (Å²) in [6, 6.07) is 9.25. The Morgan fingerprint density at radius 1 is 1.28 bits per heavy atom. The lowest BCUT2D eigenvalue weighted by Crippen LogP contribution is -2.16. The van der Waals surface area contributed by atoms with Crippen molar-refractivity contribution in [2.24, 2.45) is 0 Å². The number of phenols is 1. The number of benzene rings is 1. The summed E-state index contributed by atoms with van der Waals surface area (Å²) in [6.07, 6.45) is 0. The van der Waals surface area contributed by atoms with Gasteiger partial charge in [0.2, 0.25) is 0 Å². The van der Waals surface area contributed by atoms with Crippen LogP contribution < -0.4 is 5.73 Å². The van der Waals surface area contributed by atoms with Crippen molar-refractivity contribution in [1.82, 2.24) is 4.90 Å². The second-order valence-electron chi connectivity index (χ2n) is 4.27. The number of thiophene rings is 1. The third-order valence-electron chi connectivity index (χ3n) is 2.60. The molecule has 2 aromatic rings. The fourth-order valence-electron chi connectivity index (χ4n) is 1.77. The lowest BCUT2D eigenvalue weighted by atomic mass is 10.2. The molecular weight excluding hydrogens is 268 g/mol. The summed E-state index contributed by atoms with van der Waals surface area (Å²) in [5.74, 6) is 0.131. The van der Waals surface area contributed by atoms with Crippen molar-refractivity contribution in [2.45, 2.75) is 13.1 Å². The van der Waals surface area contributed by atoms with Crippen molar-refractivity contribution in [1.29, 1.82) is 0 Å². The minimum Gasteiger partial charge on any atom is -0.506 e. The number of nitrogen functional groups attached to an aromatic ring is 1. The van der Waals surface area contributed by atoms with Crippen LogP contribution in [0.15, 0.2) is 30.3 Å². The molecule has 1 aromatic heterocycles. The first-order chi connectivity index (χ1) is 8.54. The van der Waals surface area contributed by atoms with E-state index in [9.17, 15) is 5.11 Å². The summed E-state index contributed by atoms with van der Waals surface area (Å²) in [5.41, 5.74) is 7.16. The van der Waals surface area contributed by atoms with Crippen LogP contribution in [0.2, 0.25) is 4.34 Å². The summed E-state index contributed by atoms with van der Waals surface area (Å²) >= 11 is 7.49. The SMILES string of the molecule is CN(Cc1ccc(O)c(N)c1)Cc1ccc(Cl)s1. The number of aromatic hydroxyl groups is 1. The number of nitrogens with two attached hydrogens (primary N) is 1. The number of hydrogen-bond donors (Lipinski definition) is 2. The van der Waals surface area contributed by atoms with Gasteiger partial charge in [0.15, 0.2) is 0 Å². The first kappa shape index (κ1) is 13.2. The molecular formula is C13H15ClN2OS. The molecule has 0 amide bonds. The topological polar surface area (TPSA) is 49.5 Å². The highest BCUT2D eigenvalue weighted by molar-refractivity contribution is 7.16. The van der Waals surface area contributed by atoms with Crippen LogP contribution in [0.3, 0.4) is 0 Å². The van der Waals surface area contributed by atoms with Crippen LogP contribution in [0.25, 0.3) is 0 Å². The molecule has 0 bridgehead atoms. The standard InChI is InChI=1S/C13H15ClN2OS/c1-16(8-10-3-5-13(14)18-10)7-9-2-4-12(17)11(15)6-9/h2-6,17H,7-8,15H2,1H3.